The summed E-state index contributed by atoms with van der Waals surface area (Å²) in [4.78, 5) is 21.6. The van der Waals surface area contributed by atoms with Gasteiger partial charge in [-0.05, 0) is 20.8 Å². The normalized spacial score (nSPS) is 10.8. The lowest BCUT2D eigenvalue weighted by molar-refractivity contribution is -0.306. The SMILES string of the molecule is CC(C)(C)N(C=O)CC(=O)[O-]. The Morgan fingerprint density at radius 3 is 2.09 bits per heavy atom. The Balaban J connectivity index is 4.18. The number of carboxylic acid groups (broad SMARTS) is 1. The molecule has 0 N–H and O–H groups in total. The molecule has 0 radical (unpaired) electrons. The van der Waals surface area contributed by atoms with Crippen molar-refractivity contribution in [2.24, 2.45) is 0 Å². The van der Waals surface area contributed by atoms with Crippen molar-refractivity contribution < 1.29 is 14.7 Å². The van der Waals surface area contributed by atoms with E-state index in [0.29, 0.717) is 6.41 Å². The molecule has 0 unspecified atom stereocenters. The van der Waals surface area contributed by atoms with Crippen molar-refractivity contribution in [3.05, 3.63) is 0 Å². The highest BCUT2D eigenvalue weighted by molar-refractivity contribution is 5.70. The van der Waals surface area contributed by atoms with E-state index in [1.807, 2.05) is 0 Å². The molecule has 0 atom stereocenters. The number of carbonyl (C=O) groups is 2. The van der Waals surface area contributed by atoms with E-state index >= 15 is 0 Å². The number of carboxylic acids is 1. The Hall–Kier alpha value is -1.06. The number of rotatable bonds is 3. The average Bonchev–Trinajstić information content (AvgIpc) is 1.79. The second-order valence-electron chi connectivity index (χ2n) is 3.28. The van der Waals surface area contributed by atoms with Crippen LogP contribution in [0.25, 0.3) is 0 Å². The zero-order chi connectivity index (χ0) is 9.07. The van der Waals surface area contributed by atoms with Crippen LogP contribution in [0.4, 0.5) is 0 Å². The van der Waals surface area contributed by atoms with Gasteiger partial charge in [0.05, 0.1) is 12.5 Å². The summed E-state index contributed by atoms with van der Waals surface area (Å²) in [5.74, 6) is -1.24. The van der Waals surface area contributed by atoms with Crippen molar-refractivity contribution in [1.29, 1.82) is 0 Å². The molecule has 11 heavy (non-hydrogen) atoms. The number of amides is 1. The van der Waals surface area contributed by atoms with E-state index in [0.717, 1.165) is 0 Å². The highest BCUT2D eigenvalue weighted by Gasteiger charge is 2.18. The number of hydrogen-bond acceptors (Lipinski definition) is 3. The molecule has 0 fully saturated rings. The Bertz CT molecular complexity index is 160. The molecule has 1 amide bonds. The molecule has 0 aliphatic heterocycles. The van der Waals surface area contributed by atoms with Gasteiger partial charge in [0.25, 0.3) is 0 Å². The lowest BCUT2D eigenvalue weighted by atomic mass is 10.1. The maximum atomic E-state index is 10.3. The summed E-state index contributed by atoms with van der Waals surface area (Å²) in [6.45, 7) is 4.91. The van der Waals surface area contributed by atoms with E-state index in [1.165, 1.54) is 4.90 Å². The molecule has 0 rings (SSSR count). The molecule has 0 heterocycles. The number of hydrogen-bond donors (Lipinski definition) is 0. The lowest BCUT2D eigenvalue weighted by Gasteiger charge is -2.32. The summed E-state index contributed by atoms with van der Waals surface area (Å²) in [5, 5.41) is 10.1. The maximum Gasteiger partial charge on any atom is 0.210 e. The first-order chi connectivity index (χ1) is 4.88. The van der Waals surface area contributed by atoms with Crippen LogP contribution in [0.5, 0.6) is 0 Å². The summed E-state index contributed by atoms with van der Waals surface area (Å²) in [5.41, 5.74) is -0.457. The summed E-state index contributed by atoms with van der Waals surface area (Å²) in [6, 6.07) is 0. The molecule has 4 nitrogen and oxygen atoms in total. The molecule has 4 heteroatoms. The summed E-state index contributed by atoms with van der Waals surface area (Å²) < 4.78 is 0. The minimum Gasteiger partial charge on any atom is -0.548 e. The number of nitrogens with zero attached hydrogens (tertiary/aromatic N) is 1. The zero-order valence-electron chi connectivity index (χ0n) is 6.96. The second-order valence-corrected chi connectivity index (χ2v) is 3.28. The van der Waals surface area contributed by atoms with E-state index in [-0.39, 0.29) is 6.54 Å². The van der Waals surface area contributed by atoms with E-state index in [2.05, 4.69) is 0 Å². The molecule has 0 aliphatic carbocycles. The van der Waals surface area contributed by atoms with Crippen LogP contribution in [0.15, 0.2) is 0 Å². The first kappa shape index (κ1) is 9.94. The molecule has 64 valence electrons. The second kappa shape index (κ2) is 3.37. The van der Waals surface area contributed by atoms with Crippen molar-refractivity contribution in [3.8, 4) is 0 Å². The third-order valence-electron chi connectivity index (χ3n) is 1.29. The first-order valence-electron chi connectivity index (χ1n) is 3.30. The van der Waals surface area contributed by atoms with E-state index in [1.54, 1.807) is 20.8 Å². The molecule has 0 saturated heterocycles. The van der Waals surface area contributed by atoms with Gasteiger partial charge in [0, 0.05) is 5.54 Å². The molecule has 0 aliphatic rings. The predicted molar refractivity (Wildman–Crippen MR) is 37.5 cm³/mol. The Labute approximate surface area is 65.8 Å². The average molecular weight is 158 g/mol. The molecule has 0 saturated carbocycles. The van der Waals surface area contributed by atoms with Gasteiger partial charge >= 0.3 is 0 Å². The minimum absolute atomic E-state index is 0.354. The van der Waals surface area contributed by atoms with E-state index in [4.69, 9.17) is 0 Å². The van der Waals surface area contributed by atoms with Gasteiger partial charge in [-0.1, -0.05) is 0 Å². The van der Waals surface area contributed by atoms with Gasteiger partial charge in [0.15, 0.2) is 0 Å². The van der Waals surface area contributed by atoms with Gasteiger partial charge < -0.3 is 14.8 Å². The van der Waals surface area contributed by atoms with Gasteiger partial charge in [-0.15, -0.1) is 0 Å². The molecule has 0 aromatic heterocycles. The Morgan fingerprint density at radius 2 is 2.00 bits per heavy atom. The first-order valence-corrected chi connectivity index (χ1v) is 3.30. The Kier molecular flexibility index (Phi) is 3.04. The number of carbonyl (C=O) groups excluding carboxylic acids is 2. The fourth-order valence-electron chi connectivity index (χ4n) is 0.572. The summed E-state index contributed by atoms with van der Waals surface area (Å²) in [6.07, 6.45) is 0.510. The molecule has 0 spiro atoms. The largest absolute Gasteiger partial charge is 0.548 e. The van der Waals surface area contributed by atoms with Gasteiger partial charge in [0.1, 0.15) is 0 Å². The molecular formula is C7H12NO3-. The van der Waals surface area contributed by atoms with Crippen molar-refractivity contribution in [2.75, 3.05) is 6.54 Å². The van der Waals surface area contributed by atoms with Crippen LogP contribution in [0.3, 0.4) is 0 Å². The fraction of sp³-hybridized carbons (Fsp3) is 0.714. The smallest absolute Gasteiger partial charge is 0.210 e. The molecule has 0 bridgehead atoms. The minimum atomic E-state index is -1.24. The molecule has 0 aromatic carbocycles. The van der Waals surface area contributed by atoms with Crippen LogP contribution in [0.2, 0.25) is 0 Å². The van der Waals surface area contributed by atoms with E-state index in [9.17, 15) is 14.7 Å². The quantitative estimate of drug-likeness (QED) is 0.494. The third-order valence-corrected chi connectivity index (χ3v) is 1.29. The standard InChI is InChI=1S/C7H13NO3/c1-7(2,3)8(5-9)4-6(10)11/h5H,4H2,1-3H3,(H,10,11)/p-1. The van der Waals surface area contributed by atoms with Crippen LogP contribution < -0.4 is 5.11 Å². The van der Waals surface area contributed by atoms with Gasteiger partial charge in [-0.3, -0.25) is 4.79 Å². The van der Waals surface area contributed by atoms with E-state index < -0.39 is 11.5 Å². The van der Waals surface area contributed by atoms with Crippen LogP contribution in [-0.2, 0) is 9.59 Å². The summed E-state index contributed by atoms with van der Waals surface area (Å²) >= 11 is 0. The van der Waals surface area contributed by atoms with Crippen molar-refractivity contribution in [2.45, 2.75) is 26.3 Å². The lowest BCUT2D eigenvalue weighted by Crippen LogP contribution is -2.47. The van der Waals surface area contributed by atoms with Crippen molar-refractivity contribution in [1.82, 2.24) is 4.90 Å². The van der Waals surface area contributed by atoms with Crippen LogP contribution in [0, 0.1) is 0 Å². The monoisotopic (exact) mass is 158 g/mol. The topological polar surface area (TPSA) is 60.4 Å². The molecular weight excluding hydrogens is 146 g/mol. The van der Waals surface area contributed by atoms with Gasteiger partial charge in [0.2, 0.25) is 6.41 Å². The highest BCUT2D eigenvalue weighted by Crippen LogP contribution is 2.09. The van der Waals surface area contributed by atoms with Crippen LogP contribution >= 0.6 is 0 Å². The Morgan fingerprint density at radius 1 is 1.55 bits per heavy atom. The van der Waals surface area contributed by atoms with Gasteiger partial charge in [-0.2, -0.15) is 0 Å². The maximum absolute atomic E-state index is 10.3. The highest BCUT2D eigenvalue weighted by atomic mass is 16.4. The predicted octanol–water partition coefficient (Wildman–Crippen LogP) is -1.01. The van der Waals surface area contributed by atoms with Gasteiger partial charge in [-0.25, -0.2) is 0 Å². The van der Waals surface area contributed by atoms with Crippen molar-refractivity contribution in [3.63, 3.8) is 0 Å². The fourth-order valence-corrected chi connectivity index (χ4v) is 0.572. The third kappa shape index (κ3) is 3.60. The van der Waals surface area contributed by atoms with Crippen LogP contribution in [-0.4, -0.2) is 29.4 Å². The molecule has 0 aromatic rings. The summed E-state index contributed by atoms with van der Waals surface area (Å²) in [7, 11) is 0. The van der Waals surface area contributed by atoms with Crippen LogP contribution in [0.1, 0.15) is 20.8 Å². The van der Waals surface area contributed by atoms with Crippen molar-refractivity contribution >= 4 is 12.4 Å². The zero-order valence-corrected chi connectivity index (χ0v) is 6.96. The number of aliphatic carboxylic acids is 1.